The summed E-state index contributed by atoms with van der Waals surface area (Å²) in [5.74, 6) is -0.336. The topological polar surface area (TPSA) is 26.3 Å². The van der Waals surface area contributed by atoms with E-state index in [0.717, 1.165) is 16.5 Å². The van der Waals surface area contributed by atoms with E-state index >= 15 is 0 Å². The maximum Gasteiger partial charge on any atom is 0.330 e. The zero-order valence-corrected chi connectivity index (χ0v) is 9.94. The monoisotopic (exact) mass is 226 g/mol. The number of esters is 1. The molecule has 2 aromatic rings. The molecule has 0 radical (unpaired) electrons. The van der Waals surface area contributed by atoms with Gasteiger partial charge in [0.05, 0.1) is 7.11 Å². The van der Waals surface area contributed by atoms with Crippen LogP contribution < -0.4 is 0 Å². The Morgan fingerprint density at radius 1 is 1.18 bits per heavy atom. The summed E-state index contributed by atoms with van der Waals surface area (Å²) in [6, 6.07) is 12.3. The first-order valence-electron chi connectivity index (χ1n) is 5.47. The quantitative estimate of drug-likeness (QED) is 0.580. The average Bonchev–Trinajstić information content (AvgIpc) is 2.37. The van der Waals surface area contributed by atoms with Gasteiger partial charge in [-0.1, -0.05) is 36.4 Å². The second kappa shape index (κ2) is 4.83. The van der Waals surface area contributed by atoms with Crippen molar-refractivity contribution in [2.24, 2.45) is 0 Å². The summed E-state index contributed by atoms with van der Waals surface area (Å²) < 4.78 is 4.60. The van der Waals surface area contributed by atoms with Crippen molar-refractivity contribution in [2.75, 3.05) is 7.11 Å². The molecule has 0 aromatic heterocycles. The molecule has 0 saturated carbocycles. The lowest BCUT2D eigenvalue weighted by molar-refractivity contribution is -0.134. The number of aryl methyl sites for hydroxylation is 1. The molecular weight excluding hydrogens is 212 g/mol. The smallest absolute Gasteiger partial charge is 0.330 e. The lowest BCUT2D eigenvalue weighted by Gasteiger charge is -2.05. The van der Waals surface area contributed by atoms with Crippen LogP contribution in [0.5, 0.6) is 0 Å². The number of hydrogen-bond acceptors (Lipinski definition) is 2. The van der Waals surface area contributed by atoms with Crippen molar-refractivity contribution < 1.29 is 9.53 Å². The Labute approximate surface area is 101 Å². The lowest BCUT2D eigenvalue weighted by Crippen LogP contribution is -1.94. The van der Waals surface area contributed by atoms with Gasteiger partial charge in [0, 0.05) is 6.08 Å². The van der Waals surface area contributed by atoms with Crippen molar-refractivity contribution in [1.82, 2.24) is 0 Å². The van der Waals surface area contributed by atoms with E-state index < -0.39 is 0 Å². The summed E-state index contributed by atoms with van der Waals surface area (Å²) >= 11 is 0. The maximum atomic E-state index is 11.1. The first-order chi connectivity index (χ1) is 8.22. The third-order valence-corrected chi connectivity index (χ3v) is 2.78. The zero-order valence-electron chi connectivity index (χ0n) is 9.94. The van der Waals surface area contributed by atoms with Crippen molar-refractivity contribution in [3.63, 3.8) is 0 Å². The predicted molar refractivity (Wildman–Crippen MR) is 69.7 cm³/mol. The molecule has 0 N–H and O–H groups in total. The Balaban J connectivity index is 2.55. The van der Waals surface area contributed by atoms with Gasteiger partial charge in [-0.05, 0) is 34.9 Å². The number of rotatable bonds is 2. The van der Waals surface area contributed by atoms with Crippen LogP contribution in [0.25, 0.3) is 16.8 Å². The summed E-state index contributed by atoms with van der Waals surface area (Å²) in [4.78, 5) is 11.1. The molecule has 2 nitrogen and oxygen atoms in total. The van der Waals surface area contributed by atoms with Gasteiger partial charge in [0.2, 0.25) is 0 Å². The van der Waals surface area contributed by atoms with Crippen LogP contribution in [0.3, 0.4) is 0 Å². The maximum absolute atomic E-state index is 11.1. The minimum absolute atomic E-state index is 0.336. The van der Waals surface area contributed by atoms with Crippen molar-refractivity contribution in [2.45, 2.75) is 6.92 Å². The first-order valence-corrected chi connectivity index (χ1v) is 5.47. The average molecular weight is 226 g/mol. The van der Waals surface area contributed by atoms with Crippen molar-refractivity contribution >= 4 is 22.8 Å². The van der Waals surface area contributed by atoms with E-state index in [-0.39, 0.29) is 5.97 Å². The standard InChI is InChI=1S/C15H14O2/c1-11-7-8-12-5-3-4-6-14(12)13(11)9-10-15(16)17-2/h3-10H,1-2H3/b10-9+. The fraction of sp³-hybridized carbons (Fsp3) is 0.133. The van der Waals surface area contributed by atoms with E-state index in [1.165, 1.54) is 18.6 Å². The number of carbonyl (C=O) groups excluding carboxylic acids is 1. The molecule has 0 aliphatic heterocycles. The van der Waals surface area contributed by atoms with Gasteiger partial charge in [-0.15, -0.1) is 0 Å². The molecule has 2 heteroatoms. The van der Waals surface area contributed by atoms with Gasteiger partial charge in [0.25, 0.3) is 0 Å². The Morgan fingerprint density at radius 3 is 2.71 bits per heavy atom. The Hall–Kier alpha value is -2.09. The fourth-order valence-corrected chi connectivity index (χ4v) is 1.85. The molecule has 86 valence electrons. The number of ether oxygens (including phenoxy) is 1. The van der Waals surface area contributed by atoms with Crippen LogP contribution >= 0.6 is 0 Å². The summed E-state index contributed by atoms with van der Waals surface area (Å²) in [5.41, 5.74) is 2.21. The Morgan fingerprint density at radius 2 is 1.94 bits per heavy atom. The van der Waals surface area contributed by atoms with Crippen molar-refractivity contribution in [1.29, 1.82) is 0 Å². The zero-order chi connectivity index (χ0) is 12.3. The second-order valence-corrected chi connectivity index (χ2v) is 3.87. The summed E-state index contributed by atoms with van der Waals surface area (Å²) in [7, 11) is 1.38. The third-order valence-electron chi connectivity index (χ3n) is 2.78. The number of carbonyl (C=O) groups is 1. The molecule has 0 unspecified atom stereocenters. The van der Waals surface area contributed by atoms with Gasteiger partial charge in [0.1, 0.15) is 0 Å². The number of methoxy groups -OCH3 is 1. The molecule has 0 amide bonds. The number of benzene rings is 2. The third kappa shape index (κ3) is 2.36. The van der Waals surface area contributed by atoms with Crippen LogP contribution in [-0.2, 0) is 9.53 Å². The second-order valence-electron chi connectivity index (χ2n) is 3.87. The highest BCUT2D eigenvalue weighted by atomic mass is 16.5. The summed E-state index contributed by atoms with van der Waals surface area (Å²) in [6.07, 6.45) is 3.26. The predicted octanol–water partition coefficient (Wildman–Crippen LogP) is 3.33. The number of hydrogen-bond donors (Lipinski definition) is 0. The van der Waals surface area contributed by atoms with Crippen LogP contribution in [0.2, 0.25) is 0 Å². The minimum Gasteiger partial charge on any atom is -0.466 e. The molecule has 0 aliphatic rings. The van der Waals surface area contributed by atoms with Crippen LogP contribution in [0, 0.1) is 6.92 Å². The fourth-order valence-electron chi connectivity index (χ4n) is 1.85. The molecule has 0 fully saturated rings. The molecule has 2 aromatic carbocycles. The molecule has 0 spiro atoms. The van der Waals surface area contributed by atoms with Gasteiger partial charge < -0.3 is 4.74 Å². The van der Waals surface area contributed by atoms with Gasteiger partial charge >= 0.3 is 5.97 Å². The molecule has 0 bridgehead atoms. The highest BCUT2D eigenvalue weighted by Crippen LogP contribution is 2.23. The minimum atomic E-state index is -0.336. The van der Waals surface area contributed by atoms with Gasteiger partial charge in [-0.25, -0.2) is 4.79 Å². The summed E-state index contributed by atoms with van der Waals surface area (Å²) in [6.45, 7) is 2.03. The van der Waals surface area contributed by atoms with Gasteiger partial charge in [-0.3, -0.25) is 0 Å². The van der Waals surface area contributed by atoms with E-state index in [1.54, 1.807) is 0 Å². The summed E-state index contributed by atoms with van der Waals surface area (Å²) in [5, 5.41) is 2.32. The van der Waals surface area contributed by atoms with E-state index in [2.05, 4.69) is 29.0 Å². The van der Waals surface area contributed by atoms with E-state index in [9.17, 15) is 4.79 Å². The first kappa shape index (κ1) is 11.4. The largest absolute Gasteiger partial charge is 0.466 e. The van der Waals surface area contributed by atoms with Gasteiger partial charge in [0.15, 0.2) is 0 Å². The van der Waals surface area contributed by atoms with Crippen LogP contribution in [0.4, 0.5) is 0 Å². The number of fused-ring (bicyclic) bond motifs is 1. The molecule has 0 heterocycles. The molecule has 0 aliphatic carbocycles. The SMILES string of the molecule is COC(=O)/C=C/c1c(C)ccc2ccccc12. The van der Waals surface area contributed by atoms with E-state index in [1.807, 2.05) is 25.1 Å². The van der Waals surface area contributed by atoms with Crippen molar-refractivity contribution in [3.05, 3.63) is 53.6 Å². The van der Waals surface area contributed by atoms with Crippen LogP contribution in [0.15, 0.2) is 42.5 Å². The highest BCUT2D eigenvalue weighted by Gasteiger charge is 2.02. The van der Waals surface area contributed by atoms with Crippen molar-refractivity contribution in [3.8, 4) is 0 Å². The molecule has 0 atom stereocenters. The molecule has 2 rings (SSSR count). The van der Waals surface area contributed by atoms with E-state index in [0.29, 0.717) is 0 Å². The van der Waals surface area contributed by atoms with Crippen LogP contribution in [0.1, 0.15) is 11.1 Å². The highest BCUT2D eigenvalue weighted by molar-refractivity contribution is 5.95. The van der Waals surface area contributed by atoms with E-state index in [4.69, 9.17) is 0 Å². The molecule has 17 heavy (non-hydrogen) atoms. The van der Waals surface area contributed by atoms with Crippen LogP contribution in [-0.4, -0.2) is 13.1 Å². The van der Waals surface area contributed by atoms with Gasteiger partial charge in [-0.2, -0.15) is 0 Å². The lowest BCUT2D eigenvalue weighted by atomic mass is 9.99. The Kier molecular flexibility index (Phi) is 3.24. The molecular formula is C15H14O2. The molecule has 0 saturated heterocycles. The normalized spacial score (nSPS) is 10.9. The Bertz CT molecular complexity index is 582.